The number of methoxy groups -OCH3 is 1. The molecule has 0 aliphatic carbocycles. The zero-order valence-corrected chi connectivity index (χ0v) is 21.4. The summed E-state index contributed by atoms with van der Waals surface area (Å²) in [5.41, 5.74) is 8.50. The first-order valence-corrected chi connectivity index (χ1v) is 13.4. The van der Waals surface area contributed by atoms with Crippen LogP contribution in [0.3, 0.4) is 0 Å². The van der Waals surface area contributed by atoms with Crippen LogP contribution in [-0.2, 0) is 31.1 Å². The fourth-order valence-corrected chi connectivity index (χ4v) is 5.43. The molecule has 1 fully saturated rings. The summed E-state index contributed by atoms with van der Waals surface area (Å²) in [5, 5.41) is -0.215. The van der Waals surface area contributed by atoms with Gasteiger partial charge in [0.2, 0.25) is 5.91 Å². The first kappa shape index (κ1) is 27.0. The third-order valence-electron chi connectivity index (χ3n) is 5.29. The van der Waals surface area contributed by atoms with Gasteiger partial charge in [0.25, 0.3) is 10.1 Å². The highest BCUT2D eigenvalue weighted by molar-refractivity contribution is 8.00. The maximum absolute atomic E-state index is 12.5. The molecule has 0 spiro atoms. The van der Waals surface area contributed by atoms with Crippen molar-refractivity contribution in [3.8, 4) is 5.75 Å². The van der Waals surface area contributed by atoms with E-state index in [2.05, 4.69) is 0 Å². The number of amides is 1. The second kappa shape index (κ2) is 11.4. The molecule has 0 radical (unpaired) electrons. The molecule has 12 heteroatoms. The standard InChI is InChI=1S/C16H17ClN2O4S.C7H8O3S/c1-22-11-4-2-9(3-5-11)7-23-16(21)13-10(6-17)8-24-15-12(18)14(20)19(13)15;1-6-2-4-7(5-3-6)11(8,9)10/h2-5,12,15H,6-8,18H2,1H3;2-5H,1H3,(H,8,9,10)/t12-,15-;/m1./s1. The van der Waals surface area contributed by atoms with Gasteiger partial charge in [0.1, 0.15) is 29.5 Å². The third-order valence-corrected chi connectivity index (χ3v) is 7.84. The number of halogens is 1. The predicted octanol–water partition coefficient (Wildman–Crippen LogP) is 2.72. The molecule has 0 bridgehead atoms. The van der Waals surface area contributed by atoms with Gasteiger partial charge in [-0.1, -0.05) is 29.8 Å². The van der Waals surface area contributed by atoms with Crippen LogP contribution in [0.4, 0.5) is 0 Å². The first-order chi connectivity index (χ1) is 16.6. The van der Waals surface area contributed by atoms with Crippen LogP contribution in [0.2, 0.25) is 0 Å². The van der Waals surface area contributed by atoms with Crippen molar-refractivity contribution >= 4 is 45.4 Å². The number of nitrogens with two attached hydrogens (primary N) is 1. The zero-order valence-electron chi connectivity index (χ0n) is 19.0. The summed E-state index contributed by atoms with van der Waals surface area (Å²) in [5.74, 6) is 0.646. The SMILES string of the molecule is COc1ccc(COC(=O)C2=C(CCl)CS[C@@H]3[C@H](N)C(=O)N23)cc1.Cc1ccc(S(=O)(=O)O)cc1. The van der Waals surface area contributed by atoms with Crippen molar-refractivity contribution < 1.29 is 32.0 Å². The number of hydrogen-bond acceptors (Lipinski definition) is 8. The highest BCUT2D eigenvalue weighted by atomic mass is 35.5. The van der Waals surface area contributed by atoms with Gasteiger partial charge in [0, 0.05) is 11.6 Å². The smallest absolute Gasteiger partial charge is 0.355 e. The molecule has 0 aromatic heterocycles. The largest absolute Gasteiger partial charge is 0.497 e. The Bertz CT molecular complexity index is 1220. The molecule has 2 heterocycles. The lowest BCUT2D eigenvalue weighted by molar-refractivity contribution is -0.151. The van der Waals surface area contributed by atoms with Crippen molar-refractivity contribution in [1.29, 1.82) is 0 Å². The molecule has 1 amide bonds. The molecule has 2 atom stereocenters. The van der Waals surface area contributed by atoms with E-state index in [1.54, 1.807) is 31.4 Å². The van der Waals surface area contributed by atoms with E-state index in [9.17, 15) is 18.0 Å². The molecule has 2 aromatic carbocycles. The molecule has 3 N–H and O–H groups in total. The number of ether oxygens (including phenoxy) is 2. The molecular weight excluding hydrogens is 516 g/mol. The lowest BCUT2D eigenvalue weighted by atomic mass is 10.0. The van der Waals surface area contributed by atoms with Crippen LogP contribution in [0.5, 0.6) is 5.75 Å². The van der Waals surface area contributed by atoms with Crippen LogP contribution in [-0.4, -0.2) is 59.9 Å². The second-order valence-corrected chi connectivity index (χ2v) is 10.5. The highest BCUT2D eigenvalue weighted by Crippen LogP contribution is 2.40. The number of hydrogen-bond donors (Lipinski definition) is 2. The zero-order chi connectivity index (χ0) is 25.8. The Balaban J connectivity index is 0.000000261. The minimum absolute atomic E-state index is 0.0666. The molecule has 2 aliphatic heterocycles. The fourth-order valence-electron chi connectivity index (χ4n) is 3.32. The van der Waals surface area contributed by atoms with Crippen molar-refractivity contribution in [3.63, 3.8) is 0 Å². The average molecular weight is 541 g/mol. The predicted molar refractivity (Wildman–Crippen MR) is 133 cm³/mol. The first-order valence-electron chi connectivity index (χ1n) is 10.4. The molecule has 9 nitrogen and oxygen atoms in total. The van der Waals surface area contributed by atoms with Crippen molar-refractivity contribution in [2.24, 2.45) is 5.73 Å². The lowest BCUT2D eigenvalue weighted by Gasteiger charge is -2.48. The fraction of sp³-hybridized carbons (Fsp3) is 0.304. The summed E-state index contributed by atoms with van der Waals surface area (Å²) in [6.45, 7) is 1.95. The van der Waals surface area contributed by atoms with Crippen LogP contribution in [0.15, 0.2) is 64.7 Å². The van der Waals surface area contributed by atoms with Gasteiger partial charge in [0.15, 0.2) is 0 Å². The maximum atomic E-state index is 12.5. The Morgan fingerprint density at radius 1 is 1.20 bits per heavy atom. The van der Waals surface area contributed by atoms with Gasteiger partial charge >= 0.3 is 5.97 Å². The van der Waals surface area contributed by atoms with Gasteiger partial charge in [0.05, 0.1) is 12.0 Å². The number of carbonyl (C=O) groups excluding carboxylic acids is 2. The van der Waals surface area contributed by atoms with Crippen LogP contribution in [0, 0.1) is 6.92 Å². The number of carbonyl (C=O) groups is 2. The summed E-state index contributed by atoms with van der Waals surface area (Å²) >= 11 is 7.44. The Kier molecular flexibility index (Phi) is 8.84. The molecule has 0 unspecified atom stereocenters. The summed E-state index contributed by atoms with van der Waals surface area (Å²) in [4.78, 5) is 25.8. The summed E-state index contributed by atoms with van der Waals surface area (Å²) in [7, 11) is -2.43. The number of thioether (sulfide) groups is 1. The topological polar surface area (TPSA) is 136 Å². The van der Waals surface area contributed by atoms with Gasteiger partial charge in [-0.15, -0.1) is 23.4 Å². The van der Waals surface area contributed by atoms with Gasteiger partial charge in [-0.25, -0.2) is 4.79 Å². The lowest BCUT2D eigenvalue weighted by Crippen LogP contribution is -2.68. The van der Waals surface area contributed by atoms with Crippen LogP contribution < -0.4 is 10.5 Å². The summed E-state index contributed by atoms with van der Waals surface area (Å²) < 4.78 is 40.0. The number of benzene rings is 2. The molecule has 1 saturated heterocycles. The second-order valence-electron chi connectivity index (χ2n) is 7.73. The van der Waals surface area contributed by atoms with E-state index in [-0.39, 0.29) is 34.4 Å². The quantitative estimate of drug-likeness (QED) is 0.245. The van der Waals surface area contributed by atoms with Crippen molar-refractivity contribution in [3.05, 3.63) is 70.9 Å². The van der Waals surface area contributed by atoms with Crippen molar-refractivity contribution in [2.45, 2.75) is 29.8 Å². The van der Waals surface area contributed by atoms with Gasteiger partial charge in [-0.3, -0.25) is 14.2 Å². The molecule has 2 aromatic rings. The van der Waals surface area contributed by atoms with E-state index in [0.717, 1.165) is 16.9 Å². The number of rotatable bonds is 6. The van der Waals surface area contributed by atoms with Crippen LogP contribution in [0.25, 0.3) is 0 Å². The Morgan fingerprint density at radius 2 is 1.83 bits per heavy atom. The van der Waals surface area contributed by atoms with Crippen molar-refractivity contribution in [2.75, 3.05) is 18.7 Å². The van der Waals surface area contributed by atoms with E-state index >= 15 is 0 Å². The molecule has 0 saturated carbocycles. The average Bonchev–Trinajstić information content (AvgIpc) is 2.86. The molecule has 188 valence electrons. The monoisotopic (exact) mass is 540 g/mol. The van der Waals surface area contributed by atoms with E-state index in [1.807, 2.05) is 19.1 Å². The van der Waals surface area contributed by atoms with Crippen LogP contribution >= 0.6 is 23.4 Å². The Labute approximate surface area is 213 Å². The maximum Gasteiger partial charge on any atom is 0.355 e. The highest BCUT2D eigenvalue weighted by Gasteiger charge is 2.51. The summed E-state index contributed by atoms with van der Waals surface area (Å²) in [6, 6.07) is 12.6. The third kappa shape index (κ3) is 6.36. The number of alkyl halides is 1. The summed E-state index contributed by atoms with van der Waals surface area (Å²) in [6.07, 6.45) is 0. The number of aryl methyl sites for hydroxylation is 1. The van der Waals surface area contributed by atoms with Gasteiger partial charge in [-0.05, 0) is 42.3 Å². The Morgan fingerprint density at radius 3 is 2.37 bits per heavy atom. The number of fused-ring (bicyclic) bond motifs is 1. The van der Waals surface area contributed by atoms with Crippen LogP contribution in [0.1, 0.15) is 11.1 Å². The molecule has 35 heavy (non-hydrogen) atoms. The van der Waals surface area contributed by atoms with E-state index < -0.39 is 22.1 Å². The minimum Gasteiger partial charge on any atom is -0.497 e. The number of β-lactam (4-membered cyclic amide) rings is 1. The van der Waals surface area contributed by atoms with E-state index in [1.165, 1.54) is 28.8 Å². The normalized spacial score (nSPS) is 19.2. The minimum atomic E-state index is -4.02. The number of esters is 1. The Hall–Kier alpha value is -2.57. The van der Waals surface area contributed by atoms with E-state index in [0.29, 0.717) is 11.3 Å². The van der Waals surface area contributed by atoms with Gasteiger partial charge < -0.3 is 15.2 Å². The van der Waals surface area contributed by atoms with Gasteiger partial charge in [-0.2, -0.15) is 8.42 Å². The molecule has 2 aliphatic rings. The molecule has 4 rings (SSSR count). The van der Waals surface area contributed by atoms with Crippen molar-refractivity contribution in [1.82, 2.24) is 4.90 Å². The number of nitrogens with zero attached hydrogens (tertiary/aromatic N) is 1. The van der Waals surface area contributed by atoms with E-state index in [4.69, 9.17) is 31.4 Å². The molecular formula is C23H25ClN2O7S2.